The fourth-order valence-corrected chi connectivity index (χ4v) is 2.76. The van der Waals surface area contributed by atoms with Crippen molar-refractivity contribution in [2.75, 3.05) is 14.1 Å². The summed E-state index contributed by atoms with van der Waals surface area (Å²) in [6.45, 7) is 3.95. The summed E-state index contributed by atoms with van der Waals surface area (Å²) >= 11 is 0. The van der Waals surface area contributed by atoms with Crippen LogP contribution in [0.4, 0.5) is 8.78 Å². The third-order valence-electron chi connectivity index (χ3n) is 4.19. The number of likely N-dealkylation sites (N-methyl/N-ethyl adjacent to an activating group) is 1. The van der Waals surface area contributed by atoms with Crippen LogP contribution >= 0.6 is 0 Å². The second-order valence-corrected chi connectivity index (χ2v) is 5.13. The van der Waals surface area contributed by atoms with E-state index in [0.717, 1.165) is 0 Å². The van der Waals surface area contributed by atoms with E-state index in [0.29, 0.717) is 12.8 Å². The zero-order valence-electron chi connectivity index (χ0n) is 12.1. The lowest BCUT2D eigenvalue weighted by Gasteiger charge is -2.42. The number of halogens is 2. The van der Waals surface area contributed by atoms with Crippen LogP contribution in [0.5, 0.6) is 0 Å². The highest BCUT2D eigenvalue weighted by Gasteiger charge is 2.37. The molecule has 0 fully saturated rings. The number of nitrogens with zero attached hydrogens (tertiary/aromatic N) is 1. The maximum Gasteiger partial charge on any atom is 0.129 e. The van der Waals surface area contributed by atoms with Crippen molar-refractivity contribution in [3.05, 3.63) is 35.4 Å². The molecule has 4 heteroatoms. The predicted octanol–water partition coefficient (Wildman–Crippen LogP) is 2.99. The van der Waals surface area contributed by atoms with E-state index in [4.69, 9.17) is 0 Å². The molecule has 0 aliphatic heterocycles. The topological polar surface area (TPSA) is 23.5 Å². The largest absolute Gasteiger partial charge is 0.391 e. The second-order valence-electron chi connectivity index (χ2n) is 5.13. The molecule has 108 valence electrons. The third-order valence-corrected chi connectivity index (χ3v) is 4.19. The molecular weight excluding hydrogens is 248 g/mol. The van der Waals surface area contributed by atoms with Crippen molar-refractivity contribution >= 4 is 0 Å². The maximum atomic E-state index is 13.6. The smallest absolute Gasteiger partial charge is 0.129 e. The Morgan fingerprint density at radius 3 is 2.00 bits per heavy atom. The molecule has 0 bridgehead atoms. The zero-order valence-corrected chi connectivity index (χ0v) is 12.1. The average molecular weight is 271 g/mol. The Hall–Kier alpha value is -1.00. The van der Waals surface area contributed by atoms with E-state index in [9.17, 15) is 13.9 Å². The summed E-state index contributed by atoms with van der Waals surface area (Å²) in [4.78, 5) is 1.94. The number of hydrogen-bond acceptors (Lipinski definition) is 2. The minimum atomic E-state index is -0.816. The standard InChI is InChI=1S/C15H23F2NO/c1-5-15(6-2,18(3)4)14(19)10-11-12(16)8-7-9-13(11)17/h7-9,14,19H,5-6,10H2,1-4H3. The Balaban J connectivity index is 3.03. The monoisotopic (exact) mass is 271 g/mol. The van der Waals surface area contributed by atoms with Gasteiger partial charge in [-0.15, -0.1) is 0 Å². The van der Waals surface area contributed by atoms with E-state index in [1.165, 1.54) is 18.2 Å². The van der Waals surface area contributed by atoms with Gasteiger partial charge in [0.15, 0.2) is 0 Å². The lowest BCUT2D eigenvalue weighted by molar-refractivity contribution is -0.0134. The van der Waals surface area contributed by atoms with E-state index in [1.54, 1.807) is 0 Å². The molecule has 0 aliphatic rings. The highest BCUT2D eigenvalue weighted by molar-refractivity contribution is 5.21. The van der Waals surface area contributed by atoms with Crippen LogP contribution in [-0.4, -0.2) is 35.7 Å². The van der Waals surface area contributed by atoms with Crippen LogP contribution < -0.4 is 0 Å². The Morgan fingerprint density at radius 1 is 1.16 bits per heavy atom. The molecule has 1 rings (SSSR count). The first-order valence-electron chi connectivity index (χ1n) is 6.67. The van der Waals surface area contributed by atoms with Gasteiger partial charge in [-0.25, -0.2) is 8.78 Å². The van der Waals surface area contributed by atoms with Gasteiger partial charge in [-0.3, -0.25) is 0 Å². The molecule has 1 atom stereocenters. The molecule has 0 aromatic heterocycles. The van der Waals surface area contributed by atoms with E-state index < -0.39 is 23.3 Å². The lowest BCUT2D eigenvalue weighted by Crippen LogP contribution is -2.53. The molecule has 19 heavy (non-hydrogen) atoms. The van der Waals surface area contributed by atoms with Gasteiger partial charge in [-0.1, -0.05) is 19.9 Å². The van der Waals surface area contributed by atoms with Crippen LogP contribution in [0.15, 0.2) is 18.2 Å². The van der Waals surface area contributed by atoms with Gasteiger partial charge in [0.2, 0.25) is 0 Å². The first kappa shape index (κ1) is 16.1. The van der Waals surface area contributed by atoms with Crippen LogP contribution in [0.3, 0.4) is 0 Å². The Labute approximate surface area is 114 Å². The van der Waals surface area contributed by atoms with Gasteiger partial charge in [-0.05, 0) is 39.1 Å². The highest BCUT2D eigenvalue weighted by Crippen LogP contribution is 2.29. The quantitative estimate of drug-likeness (QED) is 0.860. The Morgan fingerprint density at radius 2 is 1.63 bits per heavy atom. The molecule has 0 heterocycles. The van der Waals surface area contributed by atoms with E-state index in [2.05, 4.69) is 0 Å². The molecular formula is C15H23F2NO. The first-order valence-corrected chi connectivity index (χ1v) is 6.67. The Bertz CT molecular complexity index is 396. The molecule has 0 aliphatic carbocycles. The molecule has 1 N–H and O–H groups in total. The summed E-state index contributed by atoms with van der Waals surface area (Å²) in [7, 11) is 3.77. The van der Waals surface area contributed by atoms with Gasteiger partial charge in [-0.2, -0.15) is 0 Å². The fraction of sp³-hybridized carbons (Fsp3) is 0.600. The van der Waals surface area contributed by atoms with E-state index in [-0.39, 0.29) is 12.0 Å². The van der Waals surface area contributed by atoms with Crippen LogP contribution in [0.25, 0.3) is 0 Å². The molecule has 0 spiro atoms. The minimum Gasteiger partial charge on any atom is -0.391 e. The summed E-state index contributed by atoms with van der Waals surface area (Å²) in [5.41, 5.74) is -0.502. The molecule has 2 nitrogen and oxygen atoms in total. The van der Waals surface area contributed by atoms with Gasteiger partial charge in [0.25, 0.3) is 0 Å². The predicted molar refractivity (Wildman–Crippen MR) is 73.1 cm³/mol. The van der Waals surface area contributed by atoms with Crippen LogP contribution in [-0.2, 0) is 6.42 Å². The second kappa shape index (κ2) is 6.44. The summed E-state index contributed by atoms with van der Waals surface area (Å²) in [5.74, 6) is -1.20. The fourth-order valence-electron chi connectivity index (χ4n) is 2.76. The summed E-state index contributed by atoms with van der Waals surface area (Å²) in [6.07, 6.45) is 0.601. The SMILES string of the molecule is CCC(CC)(C(O)Cc1c(F)cccc1F)N(C)C. The zero-order chi connectivity index (χ0) is 14.6. The van der Waals surface area contributed by atoms with Gasteiger partial charge in [0, 0.05) is 17.5 Å². The van der Waals surface area contributed by atoms with Crippen molar-refractivity contribution in [1.29, 1.82) is 0 Å². The molecule has 0 saturated carbocycles. The maximum absolute atomic E-state index is 13.6. The van der Waals surface area contributed by atoms with Crippen LogP contribution in [0, 0.1) is 11.6 Å². The molecule has 0 saturated heterocycles. The number of rotatable bonds is 6. The van der Waals surface area contributed by atoms with E-state index in [1.807, 2.05) is 32.8 Å². The van der Waals surface area contributed by atoms with Crippen molar-refractivity contribution in [3.63, 3.8) is 0 Å². The van der Waals surface area contributed by atoms with Crippen molar-refractivity contribution in [2.45, 2.75) is 44.8 Å². The molecule has 1 unspecified atom stereocenters. The number of aliphatic hydroxyl groups is 1. The Kier molecular flexibility index (Phi) is 5.44. The van der Waals surface area contributed by atoms with E-state index >= 15 is 0 Å². The number of benzene rings is 1. The van der Waals surface area contributed by atoms with Gasteiger partial charge >= 0.3 is 0 Å². The first-order chi connectivity index (χ1) is 8.89. The van der Waals surface area contributed by atoms with Crippen molar-refractivity contribution in [3.8, 4) is 0 Å². The highest BCUT2D eigenvalue weighted by atomic mass is 19.1. The lowest BCUT2D eigenvalue weighted by atomic mass is 9.82. The van der Waals surface area contributed by atoms with Crippen LogP contribution in [0.2, 0.25) is 0 Å². The molecule has 0 radical (unpaired) electrons. The number of hydrogen-bond donors (Lipinski definition) is 1. The number of aliphatic hydroxyl groups excluding tert-OH is 1. The minimum absolute atomic E-state index is 0.0155. The average Bonchev–Trinajstić information content (AvgIpc) is 2.36. The molecule has 1 aromatic carbocycles. The summed E-state index contributed by atoms with van der Waals surface area (Å²) in [5, 5.41) is 10.5. The van der Waals surface area contributed by atoms with Crippen LogP contribution in [0.1, 0.15) is 32.3 Å². The summed E-state index contributed by atoms with van der Waals surface area (Å²) < 4.78 is 27.3. The van der Waals surface area contributed by atoms with Gasteiger partial charge in [0.05, 0.1) is 6.10 Å². The normalized spacial score (nSPS) is 13.9. The molecule has 0 amide bonds. The van der Waals surface area contributed by atoms with Crippen molar-refractivity contribution in [2.24, 2.45) is 0 Å². The van der Waals surface area contributed by atoms with Crippen molar-refractivity contribution in [1.82, 2.24) is 4.90 Å². The third kappa shape index (κ3) is 3.12. The van der Waals surface area contributed by atoms with Gasteiger partial charge < -0.3 is 10.0 Å². The summed E-state index contributed by atoms with van der Waals surface area (Å²) in [6, 6.07) is 3.78. The van der Waals surface area contributed by atoms with Gasteiger partial charge in [0.1, 0.15) is 11.6 Å². The molecule has 1 aromatic rings. The van der Waals surface area contributed by atoms with Crippen molar-refractivity contribution < 1.29 is 13.9 Å².